The van der Waals surface area contributed by atoms with Crippen LogP contribution in [0.2, 0.25) is 5.02 Å². The van der Waals surface area contributed by atoms with Gasteiger partial charge in [0, 0.05) is 23.5 Å². The van der Waals surface area contributed by atoms with E-state index in [-0.39, 0.29) is 0 Å². The van der Waals surface area contributed by atoms with E-state index in [1.54, 1.807) is 44.6 Å². The van der Waals surface area contributed by atoms with Crippen molar-refractivity contribution in [2.75, 3.05) is 20.8 Å². The zero-order valence-corrected chi connectivity index (χ0v) is 16.2. The van der Waals surface area contributed by atoms with E-state index in [1.165, 1.54) is 9.71 Å². The summed E-state index contributed by atoms with van der Waals surface area (Å²) >= 11 is 5.85. The lowest BCUT2D eigenvalue weighted by atomic mass is 10.0. The molecule has 0 amide bonds. The normalized spacial score (nSPS) is 15.0. The lowest BCUT2D eigenvalue weighted by Crippen LogP contribution is -2.34. The number of rotatable bonds is 5. The molecule has 1 heterocycles. The van der Waals surface area contributed by atoms with Gasteiger partial charge in [-0.1, -0.05) is 23.7 Å². The van der Waals surface area contributed by atoms with Crippen molar-refractivity contribution >= 4 is 27.7 Å². The molecule has 0 aliphatic carbocycles. The average molecular weight is 394 g/mol. The molecule has 0 saturated heterocycles. The Kier molecular flexibility index (Phi) is 5.55. The largest absolute Gasteiger partial charge is 0.493 e. The van der Waals surface area contributed by atoms with Gasteiger partial charge >= 0.3 is 0 Å². The molecule has 0 unspecified atom stereocenters. The van der Waals surface area contributed by atoms with E-state index in [1.807, 2.05) is 12.1 Å². The van der Waals surface area contributed by atoms with Gasteiger partial charge in [-0.2, -0.15) is 4.31 Å². The second-order valence-electron chi connectivity index (χ2n) is 5.96. The first-order valence-electron chi connectivity index (χ1n) is 8.10. The van der Waals surface area contributed by atoms with Gasteiger partial charge in [-0.15, -0.1) is 0 Å². The first-order chi connectivity index (χ1) is 12.4. The summed E-state index contributed by atoms with van der Waals surface area (Å²) < 4.78 is 37.4. The van der Waals surface area contributed by atoms with E-state index < -0.39 is 10.0 Å². The van der Waals surface area contributed by atoms with Gasteiger partial charge in [0.25, 0.3) is 0 Å². The predicted octanol–water partition coefficient (Wildman–Crippen LogP) is 3.72. The highest BCUT2D eigenvalue weighted by molar-refractivity contribution is 7.92. The third-order valence-corrected chi connectivity index (χ3v) is 6.11. The molecular formula is C19H20ClNO4S. The first-order valence-corrected chi connectivity index (χ1v) is 9.98. The summed E-state index contributed by atoms with van der Waals surface area (Å²) in [5.74, 6) is 1.26. The monoisotopic (exact) mass is 393 g/mol. The summed E-state index contributed by atoms with van der Waals surface area (Å²) in [7, 11) is -0.367. The van der Waals surface area contributed by atoms with Crippen molar-refractivity contribution in [1.82, 2.24) is 4.31 Å². The second-order valence-corrected chi connectivity index (χ2v) is 8.21. The summed E-state index contributed by atoms with van der Waals surface area (Å²) in [6.07, 6.45) is 2.21. The van der Waals surface area contributed by atoms with Crippen LogP contribution in [-0.2, 0) is 23.0 Å². The molecule has 2 aromatic rings. The average Bonchev–Trinajstić information content (AvgIpc) is 2.66. The molecule has 0 bridgehead atoms. The first kappa shape index (κ1) is 18.8. The zero-order valence-electron chi connectivity index (χ0n) is 14.6. The van der Waals surface area contributed by atoms with Crippen LogP contribution in [0.3, 0.4) is 0 Å². The Bertz CT molecular complexity index is 923. The van der Waals surface area contributed by atoms with E-state index in [9.17, 15) is 8.42 Å². The Morgan fingerprint density at radius 3 is 2.27 bits per heavy atom. The topological polar surface area (TPSA) is 55.8 Å². The van der Waals surface area contributed by atoms with Crippen molar-refractivity contribution in [3.63, 3.8) is 0 Å². The molecule has 2 aromatic carbocycles. The summed E-state index contributed by atoms with van der Waals surface area (Å²) in [6.45, 7) is 0.735. The molecule has 0 atom stereocenters. The molecule has 1 aliphatic rings. The van der Waals surface area contributed by atoms with E-state index >= 15 is 0 Å². The minimum atomic E-state index is -3.52. The van der Waals surface area contributed by atoms with E-state index in [0.717, 1.165) is 16.7 Å². The Labute approximate surface area is 158 Å². The van der Waals surface area contributed by atoms with Crippen LogP contribution in [-0.4, -0.2) is 33.5 Å². The van der Waals surface area contributed by atoms with Gasteiger partial charge in [0.2, 0.25) is 10.0 Å². The summed E-state index contributed by atoms with van der Waals surface area (Å²) in [4.78, 5) is 0. The highest BCUT2D eigenvalue weighted by Crippen LogP contribution is 2.34. The molecule has 26 heavy (non-hydrogen) atoms. The van der Waals surface area contributed by atoms with E-state index in [4.69, 9.17) is 21.1 Å². The third-order valence-electron chi connectivity index (χ3n) is 4.35. The van der Waals surface area contributed by atoms with Gasteiger partial charge in [0.1, 0.15) is 0 Å². The van der Waals surface area contributed by atoms with Gasteiger partial charge in [-0.25, -0.2) is 8.42 Å². The van der Waals surface area contributed by atoms with Crippen LogP contribution < -0.4 is 9.47 Å². The second kappa shape index (κ2) is 7.70. The van der Waals surface area contributed by atoms with Crippen LogP contribution >= 0.6 is 11.6 Å². The summed E-state index contributed by atoms with van der Waals surface area (Å²) in [5, 5.41) is 1.85. The Balaban J connectivity index is 1.81. The van der Waals surface area contributed by atoms with E-state index in [0.29, 0.717) is 36.0 Å². The molecule has 3 rings (SSSR count). The molecular weight excluding hydrogens is 374 g/mol. The van der Waals surface area contributed by atoms with Gasteiger partial charge in [-0.05, 0) is 53.5 Å². The smallest absolute Gasteiger partial charge is 0.236 e. The van der Waals surface area contributed by atoms with Gasteiger partial charge in [0.05, 0.1) is 14.2 Å². The summed E-state index contributed by atoms with van der Waals surface area (Å²) in [5.41, 5.74) is 2.79. The number of methoxy groups -OCH3 is 2. The van der Waals surface area contributed by atoms with Gasteiger partial charge in [0.15, 0.2) is 11.5 Å². The Morgan fingerprint density at radius 2 is 1.65 bits per heavy atom. The van der Waals surface area contributed by atoms with Crippen LogP contribution in [0.25, 0.3) is 6.08 Å². The predicted molar refractivity (Wildman–Crippen MR) is 103 cm³/mol. The van der Waals surface area contributed by atoms with Crippen molar-refractivity contribution in [2.24, 2.45) is 0 Å². The van der Waals surface area contributed by atoms with Crippen LogP contribution in [0.4, 0.5) is 0 Å². The zero-order chi connectivity index (χ0) is 18.7. The molecule has 0 saturated carbocycles. The van der Waals surface area contributed by atoms with Crippen LogP contribution in [0.1, 0.15) is 16.7 Å². The molecule has 7 heteroatoms. The molecule has 0 fully saturated rings. The van der Waals surface area contributed by atoms with Gasteiger partial charge in [-0.3, -0.25) is 0 Å². The lowest BCUT2D eigenvalue weighted by Gasteiger charge is -2.27. The van der Waals surface area contributed by atoms with Crippen LogP contribution in [0.15, 0.2) is 41.8 Å². The molecule has 0 spiro atoms. The standard InChI is InChI=1S/C19H20ClNO4S/c1-24-18-11-15-7-9-21(13-16(15)12-19(18)25-2)26(22,23)10-8-14-3-5-17(20)6-4-14/h3-6,8,10-12H,7,9,13H2,1-2H3. The van der Waals surface area contributed by atoms with Crippen molar-refractivity contribution in [3.05, 3.63) is 63.5 Å². The molecule has 5 nitrogen and oxygen atoms in total. The fourth-order valence-corrected chi connectivity index (χ4v) is 4.19. The number of ether oxygens (including phenoxy) is 2. The number of benzene rings is 2. The Hall–Kier alpha value is -2.02. The maximum absolute atomic E-state index is 12.7. The number of hydrogen-bond acceptors (Lipinski definition) is 4. The van der Waals surface area contributed by atoms with Crippen molar-refractivity contribution in [1.29, 1.82) is 0 Å². The molecule has 0 aromatic heterocycles. The maximum Gasteiger partial charge on any atom is 0.236 e. The van der Waals surface area contributed by atoms with Crippen molar-refractivity contribution in [2.45, 2.75) is 13.0 Å². The molecule has 0 radical (unpaired) electrons. The van der Waals surface area contributed by atoms with Crippen LogP contribution in [0.5, 0.6) is 11.5 Å². The number of nitrogens with zero attached hydrogens (tertiary/aromatic N) is 1. The fourth-order valence-electron chi connectivity index (χ4n) is 2.90. The number of sulfonamides is 1. The van der Waals surface area contributed by atoms with Crippen molar-refractivity contribution < 1.29 is 17.9 Å². The van der Waals surface area contributed by atoms with Crippen molar-refractivity contribution in [3.8, 4) is 11.5 Å². The quantitative estimate of drug-likeness (QED) is 0.776. The lowest BCUT2D eigenvalue weighted by molar-refractivity contribution is 0.349. The number of hydrogen-bond donors (Lipinski definition) is 0. The third kappa shape index (κ3) is 4.03. The maximum atomic E-state index is 12.7. The van der Waals surface area contributed by atoms with Gasteiger partial charge < -0.3 is 9.47 Å². The molecule has 0 N–H and O–H groups in total. The fraction of sp³-hybridized carbons (Fsp3) is 0.263. The number of fused-ring (bicyclic) bond motifs is 1. The highest BCUT2D eigenvalue weighted by atomic mass is 35.5. The Morgan fingerprint density at radius 1 is 1.04 bits per heavy atom. The van der Waals surface area contributed by atoms with E-state index in [2.05, 4.69) is 0 Å². The minimum Gasteiger partial charge on any atom is -0.493 e. The SMILES string of the molecule is COc1cc2c(cc1OC)CN(S(=O)(=O)C=Cc1ccc(Cl)cc1)CC2. The molecule has 1 aliphatic heterocycles. The minimum absolute atomic E-state index is 0.309. The number of halogens is 1. The highest BCUT2D eigenvalue weighted by Gasteiger charge is 2.26. The van der Waals surface area contributed by atoms with Crippen LogP contribution in [0, 0.1) is 0 Å². The molecule has 138 valence electrons. The summed E-state index contributed by atoms with van der Waals surface area (Å²) in [6, 6.07) is 10.8.